The fraction of sp³-hybridized carbons (Fsp3) is 0.462. The maximum atomic E-state index is 12.5. The Labute approximate surface area is 109 Å². The lowest BCUT2D eigenvalue weighted by Crippen LogP contribution is -2.50. The van der Waals surface area contributed by atoms with E-state index < -0.39 is 8.80 Å². The van der Waals surface area contributed by atoms with E-state index in [4.69, 9.17) is 13.3 Å². The molecule has 0 bridgehead atoms. The van der Waals surface area contributed by atoms with Crippen molar-refractivity contribution in [1.82, 2.24) is 0 Å². The van der Waals surface area contributed by atoms with Gasteiger partial charge in [0, 0.05) is 26.9 Å². The van der Waals surface area contributed by atoms with Crippen LogP contribution in [0.4, 0.5) is 0 Å². The summed E-state index contributed by atoms with van der Waals surface area (Å²) in [6.45, 7) is 1.93. The summed E-state index contributed by atoms with van der Waals surface area (Å²) < 4.78 is 16.2. The lowest BCUT2D eigenvalue weighted by molar-refractivity contribution is 0.0833. The number of carbonyl (C=O) groups is 1. The van der Waals surface area contributed by atoms with Crippen LogP contribution >= 0.6 is 0 Å². The average Bonchev–Trinajstić information content (AvgIpc) is 2.45. The third-order valence-corrected chi connectivity index (χ3v) is 6.29. The van der Waals surface area contributed by atoms with Crippen molar-refractivity contribution < 1.29 is 18.1 Å². The second-order valence-corrected chi connectivity index (χ2v) is 7.04. The Morgan fingerprint density at radius 2 is 1.61 bits per heavy atom. The molecule has 1 aromatic carbocycles. The Balaban J connectivity index is 3.06. The molecule has 0 aliphatic heterocycles. The van der Waals surface area contributed by atoms with Crippen molar-refractivity contribution in [3.05, 3.63) is 35.9 Å². The van der Waals surface area contributed by atoms with Gasteiger partial charge in [-0.25, -0.2) is 0 Å². The van der Waals surface area contributed by atoms with Gasteiger partial charge in [-0.1, -0.05) is 37.3 Å². The summed E-state index contributed by atoms with van der Waals surface area (Å²) in [4.78, 5) is 12.5. The van der Waals surface area contributed by atoms with Crippen LogP contribution in [0.1, 0.15) is 23.7 Å². The summed E-state index contributed by atoms with van der Waals surface area (Å²) in [7, 11) is 1.64. The van der Waals surface area contributed by atoms with Crippen LogP contribution in [0.15, 0.2) is 30.3 Å². The smallest absolute Gasteiger partial charge is 0.376 e. The van der Waals surface area contributed by atoms with Crippen LogP contribution in [0, 0.1) is 0 Å². The fourth-order valence-electron chi connectivity index (χ4n) is 2.08. The van der Waals surface area contributed by atoms with E-state index in [1.807, 2.05) is 25.1 Å². The summed E-state index contributed by atoms with van der Waals surface area (Å²) in [6, 6.07) is 9.16. The molecule has 0 radical (unpaired) electrons. The van der Waals surface area contributed by atoms with Gasteiger partial charge in [0.25, 0.3) is 0 Å². The van der Waals surface area contributed by atoms with Crippen molar-refractivity contribution >= 4 is 14.6 Å². The van der Waals surface area contributed by atoms with Gasteiger partial charge in [0.2, 0.25) is 0 Å². The Hall–Kier alpha value is -1.01. The zero-order valence-corrected chi connectivity index (χ0v) is 12.3. The highest BCUT2D eigenvalue weighted by Crippen LogP contribution is 2.30. The monoisotopic (exact) mass is 268 g/mol. The number of hydrogen-bond acceptors (Lipinski definition) is 4. The number of ketones is 1. The van der Waals surface area contributed by atoms with Gasteiger partial charge in [0.1, 0.15) is 0 Å². The van der Waals surface area contributed by atoms with Gasteiger partial charge in [-0.2, -0.15) is 0 Å². The maximum absolute atomic E-state index is 12.5. The minimum atomic E-state index is -2.94. The van der Waals surface area contributed by atoms with Gasteiger partial charge >= 0.3 is 8.80 Å². The Kier molecular flexibility index (Phi) is 5.68. The molecule has 5 heteroatoms. The molecule has 0 N–H and O–H groups in total. The highest BCUT2D eigenvalue weighted by Gasteiger charge is 2.50. The number of Topliss-reactive ketones (excluding diaryl/α,β-unsaturated/α-hetero) is 1. The number of rotatable bonds is 7. The lowest BCUT2D eigenvalue weighted by atomic mass is 10.1. The number of carbonyl (C=O) groups excluding carboxylic acids is 1. The normalized spacial score (nSPS) is 13.3. The van der Waals surface area contributed by atoms with E-state index in [-0.39, 0.29) is 11.3 Å². The maximum Gasteiger partial charge on any atom is 0.511 e. The van der Waals surface area contributed by atoms with Crippen LogP contribution < -0.4 is 0 Å². The molecule has 1 aromatic rings. The van der Waals surface area contributed by atoms with Gasteiger partial charge in [-0.15, -0.1) is 0 Å². The van der Waals surface area contributed by atoms with Crippen LogP contribution in [-0.4, -0.2) is 35.9 Å². The molecular weight excluding hydrogens is 248 g/mol. The summed E-state index contributed by atoms with van der Waals surface area (Å²) in [5.41, 5.74) is 0.285. The van der Waals surface area contributed by atoms with Crippen LogP contribution in [-0.2, 0) is 13.3 Å². The first-order valence-electron chi connectivity index (χ1n) is 5.89. The molecule has 0 amide bonds. The molecule has 0 saturated carbocycles. The summed E-state index contributed by atoms with van der Waals surface area (Å²) in [6.07, 6.45) is 0.621. The van der Waals surface area contributed by atoms with E-state index in [1.54, 1.807) is 12.1 Å². The Morgan fingerprint density at radius 1 is 1.11 bits per heavy atom. The molecule has 100 valence electrons. The number of benzene rings is 1. The van der Waals surface area contributed by atoms with E-state index in [0.29, 0.717) is 12.0 Å². The van der Waals surface area contributed by atoms with E-state index in [1.165, 1.54) is 21.3 Å². The predicted octanol–water partition coefficient (Wildman–Crippen LogP) is 2.53. The molecule has 0 fully saturated rings. The molecule has 0 aliphatic carbocycles. The average molecular weight is 268 g/mol. The van der Waals surface area contributed by atoms with Crippen molar-refractivity contribution in [2.45, 2.75) is 18.9 Å². The van der Waals surface area contributed by atoms with Crippen molar-refractivity contribution in [3.63, 3.8) is 0 Å². The molecule has 18 heavy (non-hydrogen) atoms. The van der Waals surface area contributed by atoms with E-state index in [0.717, 1.165) is 0 Å². The third-order valence-electron chi connectivity index (χ3n) is 3.06. The highest BCUT2D eigenvalue weighted by molar-refractivity contribution is 6.67. The zero-order chi connectivity index (χ0) is 13.6. The zero-order valence-electron chi connectivity index (χ0n) is 11.3. The quantitative estimate of drug-likeness (QED) is 0.563. The molecule has 1 unspecified atom stereocenters. The van der Waals surface area contributed by atoms with Crippen LogP contribution in [0.5, 0.6) is 0 Å². The largest absolute Gasteiger partial charge is 0.511 e. The van der Waals surface area contributed by atoms with Crippen molar-refractivity contribution in [2.75, 3.05) is 21.3 Å². The molecule has 0 aliphatic rings. The van der Waals surface area contributed by atoms with E-state index >= 15 is 0 Å². The predicted molar refractivity (Wildman–Crippen MR) is 71.6 cm³/mol. The molecule has 1 atom stereocenters. The van der Waals surface area contributed by atoms with Gasteiger partial charge in [0.05, 0.1) is 5.54 Å². The lowest BCUT2D eigenvalue weighted by Gasteiger charge is -2.30. The van der Waals surface area contributed by atoms with Gasteiger partial charge in [-0.3, -0.25) is 4.79 Å². The minimum absolute atomic E-state index is 0.00955. The third kappa shape index (κ3) is 2.87. The summed E-state index contributed by atoms with van der Waals surface area (Å²) in [5.74, 6) is 0.00955. The van der Waals surface area contributed by atoms with Crippen LogP contribution in [0.2, 0.25) is 5.54 Å². The fourth-order valence-corrected chi connectivity index (χ4v) is 4.42. The topological polar surface area (TPSA) is 44.8 Å². The van der Waals surface area contributed by atoms with E-state index in [9.17, 15) is 4.79 Å². The van der Waals surface area contributed by atoms with Gasteiger partial charge < -0.3 is 13.3 Å². The Morgan fingerprint density at radius 3 is 2.00 bits per heavy atom. The molecule has 0 spiro atoms. The molecule has 1 rings (SSSR count). The van der Waals surface area contributed by atoms with Crippen molar-refractivity contribution in [2.24, 2.45) is 0 Å². The van der Waals surface area contributed by atoms with Gasteiger partial charge in [0.15, 0.2) is 5.78 Å². The molecule has 0 saturated heterocycles. The van der Waals surface area contributed by atoms with Crippen LogP contribution in [0.3, 0.4) is 0 Å². The molecule has 4 nitrogen and oxygen atoms in total. The Bertz CT molecular complexity index is 368. The first kappa shape index (κ1) is 15.0. The van der Waals surface area contributed by atoms with Crippen molar-refractivity contribution in [1.29, 1.82) is 0 Å². The van der Waals surface area contributed by atoms with E-state index in [2.05, 4.69) is 0 Å². The van der Waals surface area contributed by atoms with Crippen LogP contribution in [0.25, 0.3) is 0 Å². The molecule has 0 heterocycles. The van der Waals surface area contributed by atoms with Gasteiger partial charge in [-0.05, 0) is 6.42 Å². The minimum Gasteiger partial charge on any atom is -0.376 e. The molecular formula is C13H20O4Si. The SMILES string of the molecule is CCC(C(=O)c1ccccc1)[Si](OC)(OC)OC. The standard InChI is InChI=1S/C13H20O4Si/c1-5-12(18(15-2,16-3)17-4)13(14)11-9-7-6-8-10-11/h6-10,12H,5H2,1-4H3. The summed E-state index contributed by atoms with van der Waals surface area (Å²) in [5, 5.41) is 0. The highest BCUT2D eigenvalue weighted by atomic mass is 28.4. The second kappa shape index (κ2) is 6.80. The molecule has 0 aromatic heterocycles. The summed E-state index contributed by atoms with van der Waals surface area (Å²) >= 11 is 0. The number of hydrogen-bond donors (Lipinski definition) is 0. The first-order valence-corrected chi connectivity index (χ1v) is 7.70. The van der Waals surface area contributed by atoms with Crippen molar-refractivity contribution in [3.8, 4) is 0 Å². The first-order chi connectivity index (χ1) is 8.65. The second-order valence-electron chi connectivity index (χ2n) is 3.91.